The highest BCUT2D eigenvalue weighted by Gasteiger charge is 2.18. The lowest BCUT2D eigenvalue weighted by Crippen LogP contribution is -1.98. The van der Waals surface area contributed by atoms with E-state index in [9.17, 15) is 18.7 Å². The van der Waals surface area contributed by atoms with Crippen LogP contribution in [0.4, 0.5) is 8.78 Å². The average molecular weight is 312 g/mol. The third kappa shape index (κ3) is 2.20. The fourth-order valence-corrected chi connectivity index (χ4v) is 1.70. The lowest BCUT2D eigenvalue weighted by molar-refractivity contribution is 0.101. The molecule has 0 fully saturated rings. The third-order valence-corrected chi connectivity index (χ3v) is 2.34. The van der Waals surface area contributed by atoms with E-state index in [0.29, 0.717) is 3.57 Å². The van der Waals surface area contributed by atoms with Gasteiger partial charge in [-0.25, -0.2) is 8.78 Å². The zero-order valence-corrected chi connectivity index (χ0v) is 9.38. The molecule has 14 heavy (non-hydrogen) atoms. The molecule has 1 aromatic rings. The van der Waals surface area contributed by atoms with Crippen LogP contribution >= 0.6 is 22.6 Å². The number of halogens is 3. The first-order chi connectivity index (χ1) is 6.43. The number of carbonyl (C=O) groups excluding carboxylic acids is 1. The molecular formula is C9H7F2IO2. The molecule has 0 aliphatic rings. The third-order valence-electron chi connectivity index (χ3n) is 1.72. The Balaban J connectivity index is 3.40. The minimum absolute atomic E-state index is 0.0628. The number of hydrogen-bond acceptors (Lipinski definition) is 2. The Morgan fingerprint density at radius 3 is 2.50 bits per heavy atom. The highest BCUT2D eigenvalue weighted by atomic mass is 127. The highest BCUT2D eigenvalue weighted by Crippen LogP contribution is 2.33. The van der Waals surface area contributed by atoms with Crippen molar-refractivity contribution in [3.8, 4) is 5.75 Å². The summed E-state index contributed by atoms with van der Waals surface area (Å²) >= 11 is 1.82. The summed E-state index contributed by atoms with van der Waals surface area (Å²) < 4.78 is 25.3. The molecule has 0 heterocycles. The van der Waals surface area contributed by atoms with Gasteiger partial charge in [-0.2, -0.15) is 0 Å². The Kier molecular flexibility index (Phi) is 3.41. The Morgan fingerprint density at radius 1 is 1.50 bits per heavy atom. The number of Topliss-reactive ketones (excluding diaryl/α,β-unsaturated/α-hetero) is 1. The highest BCUT2D eigenvalue weighted by molar-refractivity contribution is 14.1. The standard InChI is InChI=1S/C9H7F2IO2/c1-4(13)6-2-5(12)3-7(8(6)14)9(10)11/h2-3,9,14H,1H3. The van der Waals surface area contributed by atoms with Crippen LogP contribution in [-0.2, 0) is 0 Å². The summed E-state index contributed by atoms with van der Waals surface area (Å²) in [4.78, 5) is 11.0. The summed E-state index contributed by atoms with van der Waals surface area (Å²) in [5.41, 5.74) is -0.561. The molecule has 1 aromatic carbocycles. The van der Waals surface area contributed by atoms with Crippen molar-refractivity contribution in [3.05, 3.63) is 26.8 Å². The molecule has 0 atom stereocenters. The predicted octanol–water partition coefficient (Wildman–Crippen LogP) is 3.14. The summed E-state index contributed by atoms with van der Waals surface area (Å²) in [6, 6.07) is 2.54. The van der Waals surface area contributed by atoms with E-state index >= 15 is 0 Å². The molecule has 5 heteroatoms. The lowest BCUT2D eigenvalue weighted by atomic mass is 10.1. The minimum atomic E-state index is -2.78. The maximum atomic E-state index is 12.4. The number of hydrogen-bond donors (Lipinski definition) is 1. The molecule has 0 spiro atoms. The van der Waals surface area contributed by atoms with Crippen LogP contribution in [0.15, 0.2) is 12.1 Å². The number of benzene rings is 1. The van der Waals surface area contributed by atoms with Gasteiger partial charge in [-0.1, -0.05) is 0 Å². The van der Waals surface area contributed by atoms with Crippen molar-refractivity contribution in [2.45, 2.75) is 13.3 Å². The van der Waals surface area contributed by atoms with Gasteiger partial charge in [0, 0.05) is 3.57 Å². The zero-order chi connectivity index (χ0) is 10.9. The molecule has 0 saturated carbocycles. The summed E-state index contributed by atoms with van der Waals surface area (Å²) in [5, 5.41) is 9.35. The van der Waals surface area contributed by atoms with Gasteiger partial charge >= 0.3 is 0 Å². The Hall–Kier alpha value is -0.720. The van der Waals surface area contributed by atoms with Crippen molar-refractivity contribution in [2.24, 2.45) is 0 Å². The molecule has 0 bridgehead atoms. The number of rotatable bonds is 2. The van der Waals surface area contributed by atoms with E-state index in [2.05, 4.69) is 0 Å². The molecule has 0 saturated heterocycles. The van der Waals surface area contributed by atoms with Gasteiger partial charge in [0.05, 0.1) is 11.1 Å². The molecule has 1 N–H and O–H groups in total. The van der Waals surface area contributed by atoms with Gasteiger partial charge in [-0.05, 0) is 41.6 Å². The van der Waals surface area contributed by atoms with E-state index in [0.717, 1.165) is 6.07 Å². The Bertz CT molecular complexity index is 377. The summed E-state index contributed by atoms with van der Waals surface area (Å²) in [6.07, 6.45) is -2.78. The first kappa shape index (κ1) is 11.4. The number of ketones is 1. The number of alkyl halides is 2. The fourth-order valence-electron chi connectivity index (χ4n) is 1.06. The van der Waals surface area contributed by atoms with Crippen LogP contribution in [0.1, 0.15) is 29.3 Å². The van der Waals surface area contributed by atoms with E-state index in [-0.39, 0.29) is 5.56 Å². The molecule has 1 rings (SSSR count). The average Bonchev–Trinajstić information content (AvgIpc) is 2.07. The first-order valence-electron chi connectivity index (χ1n) is 3.75. The normalized spacial score (nSPS) is 10.6. The first-order valence-corrected chi connectivity index (χ1v) is 4.83. The van der Waals surface area contributed by atoms with Gasteiger partial charge in [-0.3, -0.25) is 4.79 Å². The smallest absolute Gasteiger partial charge is 0.267 e. The maximum Gasteiger partial charge on any atom is 0.267 e. The van der Waals surface area contributed by atoms with Crippen molar-refractivity contribution >= 4 is 28.4 Å². The zero-order valence-electron chi connectivity index (χ0n) is 7.22. The topological polar surface area (TPSA) is 37.3 Å². The van der Waals surface area contributed by atoms with E-state index in [1.165, 1.54) is 13.0 Å². The van der Waals surface area contributed by atoms with Crippen LogP contribution in [0.5, 0.6) is 5.75 Å². The van der Waals surface area contributed by atoms with Gasteiger partial charge < -0.3 is 5.11 Å². The number of phenols is 1. The number of carbonyl (C=O) groups is 1. The second kappa shape index (κ2) is 4.20. The molecular weight excluding hydrogens is 305 g/mol. The predicted molar refractivity (Wildman–Crippen MR) is 55.8 cm³/mol. The van der Waals surface area contributed by atoms with Crippen LogP contribution in [-0.4, -0.2) is 10.9 Å². The lowest BCUT2D eigenvalue weighted by Gasteiger charge is -2.07. The number of phenolic OH excluding ortho intramolecular Hbond substituents is 1. The van der Waals surface area contributed by atoms with Gasteiger partial charge in [0.15, 0.2) is 5.78 Å². The quantitative estimate of drug-likeness (QED) is 0.673. The van der Waals surface area contributed by atoms with Crippen molar-refractivity contribution in [1.29, 1.82) is 0 Å². The molecule has 0 aliphatic heterocycles. The number of aromatic hydroxyl groups is 1. The van der Waals surface area contributed by atoms with E-state index in [1.54, 1.807) is 0 Å². The Morgan fingerprint density at radius 2 is 2.07 bits per heavy atom. The van der Waals surface area contributed by atoms with Crippen molar-refractivity contribution < 1.29 is 18.7 Å². The molecule has 0 unspecified atom stereocenters. The van der Waals surface area contributed by atoms with Crippen LogP contribution in [0.2, 0.25) is 0 Å². The minimum Gasteiger partial charge on any atom is -0.507 e. The van der Waals surface area contributed by atoms with Crippen LogP contribution in [0.3, 0.4) is 0 Å². The van der Waals surface area contributed by atoms with Gasteiger partial charge in [0.2, 0.25) is 0 Å². The molecule has 0 amide bonds. The second-order valence-corrected chi connectivity index (χ2v) is 3.99. The largest absolute Gasteiger partial charge is 0.507 e. The van der Waals surface area contributed by atoms with Crippen LogP contribution < -0.4 is 0 Å². The second-order valence-electron chi connectivity index (χ2n) is 2.75. The summed E-state index contributed by atoms with van der Waals surface area (Å²) in [6.45, 7) is 1.22. The molecule has 76 valence electrons. The van der Waals surface area contributed by atoms with E-state index in [1.807, 2.05) is 22.6 Å². The van der Waals surface area contributed by atoms with Crippen LogP contribution in [0, 0.1) is 3.57 Å². The fraction of sp³-hybridized carbons (Fsp3) is 0.222. The molecule has 2 nitrogen and oxygen atoms in total. The Labute approximate surface area is 93.1 Å². The van der Waals surface area contributed by atoms with Gasteiger partial charge in [-0.15, -0.1) is 0 Å². The monoisotopic (exact) mass is 312 g/mol. The van der Waals surface area contributed by atoms with Crippen molar-refractivity contribution in [3.63, 3.8) is 0 Å². The van der Waals surface area contributed by atoms with Gasteiger partial charge in [0.25, 0.3) is 6.43 Å². The molecule has 0 aliphatic carbocycles. The SMILES string of the molecule is CC(=O)c1cc(I)cc(C(F)F)c1O. The van der Waals surface area contributed by atoms with Crippen LogP contribution in [0.25, 0.3) is 0 Å². The van der Waals surface area contributed by atoms with E-state index in [4.69, 9.17) is 0 Å². The summed E-state index contributed by atoms with van der Waals surface area (Å²) in [5.74, 6) is -1.05. The van der Waals surface area contributed by atoms with Gasteiger partial charge in [0.1, 0.15) is 5.75 Å². The van der Waals surface area contributed by atoms with Crippen molar-refractivity contribution in [1.82, 2.24) is 0 Å². The summed E-state index contributed by atoms with van der Waals surface area (Å²) in [7, 11) is 0. The molecule has 0 aromatic heterocycles. The molecule has 0 radical (unpaired) electrons. The maximum absolute atomic E-state index is 12.4. The van der Waals surface area contributed by atoms with E-state index < -0.39 is 23.5 Å². The van der Waals surface area contributed by atoms with Crippen molar-refractivity contribution in [2.75, 3.05) is 0 Å².